The summed E-state index contributed by atoms with van der Waals surface area (Å²) in [6.07, 6.45) is -3.38. The van der Waals surface area contributed by atoms with E-state index in [1.807, 2.05) is 0 Å². The fourth-order valence-corrected chi connectivity index (χ4v) is 4.75. The first-order valence-corrected chi connectivity index (χ1v) is 12.5. The van der Waals surface area contributed by atoms with E-state index in [-0.39, 0.29) is 11.6 Å². The maximum absolute atomic E-state index is 13.2. The number of amides is 1. The molecule has 210 valence electrons. The summed E-state index contributed by atoms with van der Waals surface area (Å²) in [6, 6.07) is 5.64. The molecule has 1 saturated heterocycles. The molecule has 39 heavy (non-hydrogen) atoms. The summed E-state index contributed by atoms with van der Waals surface area (Å²) in [7, 11) is 0. The zero-order chi connectivity index (χ0) is 28.2. The van der Waals surface area contributed by atoms with Crippen molar-refractivity contribution in [1.82, 2.24) is 5.48 Å². The number of alkyl halides is 6. The normalized spacial score (nSPS) is 20.1. The summed E-state index contributed by atoms with van der Waals surface area (Å²) in [6.45, 7) is -0.0640. The smallest absolute Gasteiger partial charge is 0.350 e. The van der Waals surface area contributed by atoms with Crippen molar-refractivity contribution in [2.45, 2.75) is 69.8 Å². The highest BCUT2D eigenvalue weighted by atomic mass is 19.4. The summed E-state index contributed by atoms with van der Waals surface area (Å²) in [5, 5.41) is 0. The van der Waals surface area contributed by atoms with E-state index in [4.69, 9.17) is 9.57 Å². The number of benzene rings is 2. The Bertz CT molecular complexity index is 1200. The van der Waals surface area contributed by atoms with E-state index in [9.17, 15) is 36.0 Å². The zero-order valence-corrected chi connectivity index (χ0v) is 20.8. The van der Waals surface area contributed by atoms with E-state index in [0.29, 0.717) is 60.3 Å². The number of ether oxygens (including phenoxy) is 1. The molecule has 0 spiro atoms. The van der Waals surface area contributed by atoms with E-state index < -0.39 is 48.3 Å². The van der Waals surface area contributed by atoms with Gasteiger partial charge >= 0.3 is 12.4 Å². The molecule has 0 radical (unpaired) electrons. The number of halogens is 6. The molecular weight excluding hydrogens is 530 g/mol. The minimum Gasteiger partial charge on any atom is -0.350 e. The van der Waals surface area contributed by atoms with Gasteiger partial charge in [0.05, 0.1) is 11.1 Å². The lowest BCUT2D eigenvalue weighted by Crippen LogP contribution is -2.32. The molecular formula is C27H27F6N2O4+. The number of fused-ring (bicyclic) bond motifs is 1. The molecule has 1 aliphatic carbocycles. The minimum atomic E-state index is -4.99. The Morgan fingerprint density at radius 3 is 2.36 bits per heavy atom. The van der Waals surface area contributed by atoms with Crippen molar-refractivity contribution < 1.29 is 45.5 Å². The van der Waals surface area contributed by atoms with Crippen LogP contribution in [0, 0.1) is 4.91 Å². The van der Waals surface area contributed by atoms with Crippen molar-refractivity contribution in [2.24, 2.45) is 0 Å². The van der Waals surface area contributed by atoms with Gasteiger partial charge in [0, 0.05) is 46.3 Å². The molecule has 1 fully saturated rings. The number of hydrogen-bond donors (Lipinski definition) is 1. The predicted octanol–water partition coefficient (Wildman–Crippen LogP) is 6.67. The number of rotatable bonds is 7. The van der Waals surface area contributed by atoms with Crippen LogP contribution in [0.4, 0.5) is 26.3 Å². The highest BCUT2D eigenvalue weighted by Gasteiger charge is 2.38. The fourth-order valence-electron chi connectivity index (χ4n) is 4.75. The lowest BCUT2D eigenvalue weighted by atomic mass is 9.86. The van der Waals surface area contributed by atoms with Crippen LogP contribution >= 0.6 is 0 Å². The number of aryl methyl sites for hydroxylation is 1. The Kier molecular flexibility index (Phi) is 8.75. The molecule has 0 aromatic heterocycles. The molecule has 4 rings (SSSR count). The largest absolute Gasteiger partial charge is 0.416 e. The number of carbonyl (C=O) groups excluding carboxylic acids is 1. The summed E-state index contributed by atoms with van der Waals surface area (Å²) >= 11 is 0. The Morgan fingerprint density at radius 2 is 1.72 bits per heavy atom. The number of nitrogens with zero attached hydrogens (tertiary/aromatic N) is 1. The average Bonchev–Trinajstić information content (AvgIpc) is 2.89. The van der Waals surface area contributed by atoms with E-state index >= 15 is 0 Å². The molecule has 2 aromatic carbocycles. The maximum Gasteiger partial charge on any atom is 0.416 e. The second-order valence-electron chi connectivity index (χ2n) is 9.57. The van der Waals surface area contributed by atoms with Crippen LogP contribution < -0.4 is 5.48 Å². The molecule has 6 nitrogen and oxygen atoms in total. The third-order valence-corrected chi connectivity index (χ3v) is 6.64. The van der Waals surface area contributed by atoms with Crippen LogP contribution in [-0.2, 0) is 39.7 Å². The first-order chi connectivity index (χ1) is 18.4. The Hall–Kier alpha value is -3.25. The Morgan fingerprint density at radius 1 is 1.00 bits per heavy atom. The van der Waals surface area contributed by atoms with Crippen LogP contribution in [-0.4, -0.2) is 23.6 Å². The Labute approximate surface area is 220 Å². The minimum absolute atomic E-state index is 0.0414. The Balaban J connectivity index is 1.45. The summed E-state index contributed by atoms with van der Waals surface area (Å²) in [5.74, 6) is -0.482. The van der Waals surface area contributed by atoms with Crippen molar-refractivity contribution in [3.8, 4) is 0 Å². The standard InChI is InChI=1S/C27H26F6N2O4/c28-26(29,30)20-13-18(14-21(15-20)27(31,32)33)16-35(37)23-5-3-4-19-12-17(7-9-22(19)23)8-10-24(36)34-39-25-6-1-2-11-38-25/h7-10,12-15,23,25H,1-6,11,16H2/p+1/b10-8+. The van der Waals surface area contributed by atoms with Crippen LogP contribution in [0.15, 0.2) is 42.5 Å². The summed E-state index contributed by atoms with van der Waals surface area (Å²) in [5.41, 5.74) is 1.19. The van der Waals surface area contributed by atoms with Gasteiger partial charge in [-0.15, -0.1) is 0 Å². The molecule has 12 heteroatoms. The van der Waals surface area contributed by atoms with Gasteiger partial charge < -0.3 is 4.74 Å². The second-order valence-corrected chi connectivity index (χ2v) is 9.57. The van der Waals surface area contributed by atoms with Crippen LogP contribution in [0.3, 0.4) is 0 Å². The lowest BCUT2D eigenvalue weighted by Gasteiger charge is -2.21. The van der Waals surface area contributed by atoms with Gasteiger partial charge in [-0.3, -0.25) is 4.79 Å². The second kappa shape index (κ2) is 11.9. The van der Waals surface area contributed by atoms with Gasteiger partial charge in [0.15, 0.2) is 6.29 Å². The van der Waals surface area contributed by atoms with Gasteiger partial charge in [-0.25, -0.2) is 10.3 Å². The highest BCUT2D eigenvalue weighted by molar-refractivity contribution is 5.91. The molecule has 0 bridgehead atoms. The van der Waals surface area contributed by atoms with Gasteiger partial charge in [0.1, 0.15) is 0 Å². The topological polar surface area (TPSA) is 67.6 Å². The van der Waals surface area contributed by atoms with Crippen molar-refractivity contribution >= 4 is 12.0 Å². The molecule has 2 atom stereocenters. The molecule has 1 N–H and O–H groups in total. The molecule has 0 saturated carbocycles. The van der Waals surface area contributed by atoms with Crippen molar-refractivity contribution in [2.75, 3.05) is 6.61 Å². The molecule has 1 amide bonds. The molecule has 2 aliphatic rings. The lowest BCUT2D eigenvalue weighted by molar-refractivity contribution is -0.609. The first-order valence-electron chi connectivity index (χ1n) is 12.5. The fraction of sp³-hybridized carbons (Fsp3) is 0.444. The number of carbonyl (C=O) groups is 1. The van der Waals surface area contributed by atoms with Crippen molar-refractivity contribution in [1.29, 1.82) is 0 Å². The van der Waals surface area contributed by atoms with Gasteiger partial charge in [-0.2, -0.15) is 26.3 Å². The number of nitroso groups, excluding NO2 is 1. The van der Waals surface area contributed by atoms with Crippen molar-refractivity contribution in [3.63, 3.8) is 0 Å². The van der Waals surface area contributed by atoms with E-state index in [1.165, 1.54) is 6.08 Å². The summed E-state index contributed by atoms with van der Waals surface area (Å²) < 4.78 is 85.1. The number of hydrogen-bond acceptors (Lipinski definition) is 4. The third kappa shape index (κ3) is 7.66. The van der Waals surface area contributed by atoms with Gasteiger partial charge in [0.25, 0.3) is 5.91 Å². The predicted molar refractivity (Wildman–Crippen MR) is 128 cm³/mol. The molecule has 1 heterocycles. The first kappa shape index (κ1) is 28.8. The number of hydroxylamine groups is 1. The maximum atomic E-state index is 13.2. The third-order valence-electron chi connectivity index (χ3n) is 6.64. The van der Waals surface area contributed by atoms with Gasteiger partial charge in [-0.1, -0.05) is 18.2 Å². The van der Waals surface area contributed by atoms with E-state index in [0.717, 1.165) is 18.4 Å². The van der Waals surface area contributed by atoms with Gasteiger partial charge in [-0.05, 0) is 61.1 Å². The highest BCUT2D eigenvalue weighted by Crippen LogP contribution is 2.38. The van der Waals surface area contributed by atoms with Crippen LogP contribution in [0.2, 0.25) is 0 Å². The van der Waals surface area contributed by atoms with E-state index in [1.54, 1.807) is 24.3 Å². The van der Waals surface area contributed by atoms with Crippen molar-refractivity contribution in [3.05, 3.63) is 80.8 Å². The number of nitrogens with one attached hydrogen (secondary N) is 1. The van der Waals surface area contributed by atoms with Crippen LogP contribution in [0.25, 0.3) is 6.08 Å². The molecule has 2 aromatic rings. The quantitative estimate of drug-likeness (QED) is 0.179. The zero-order valence-electron chi connectivity index (χ0n) is 20.8. The molecule has 2 unspecified atom stereocenters. The average molecular weight is 558 g/mol. The van der Waals surface area contributed by atoms with Gasteiger partial charge in [0.2, 0.25) is 12.6 Å². The molecule has 1 aliphatic heterocycles. The SMILES string of the molecule is O=C(/C=C/c1ccc2c(c1)CCCC2[N+](=O)Cc1cc(C(F)(F)F)cc(C(F)(F)F)c1)NOC1CCCCO1. The van der Waals surface area contributed by atoms with Crippen LogP contribution in [0.1, 0.15) is 71.5 Å². The van der Waals surface area contributed by atoms with Crippen LogP contribution in [0.5, 0.6) is 0 Å². The van der Waals surface area contributed by atoms with E-state index in [2.05, 4.69) is 5.48 Å². The summed E-state index contributed by atoms with van der Waals surface area (Å²) in [4.78, 5) is 30.3. The monoisotopic (exact) mass is 557 g/mol.